The Hall–Kier alpha value is -1.60. The van der Waals surface area contributed by atoms with Crippen LogP contribution in [0.15, 0.2) is 27.7 Å². The highest BCUT2D eigenvalue weighted by Gasteiger charge is 2.37. The van der Waals surface area contributed by atoms with Crippen LogP contribution in [-0.2, 0) is 9.59 Å². The largest absolute Gasteiger partial charge is 0.548 e. The van der Waals surface area contributed by atoms with E-state index >= 15 is 0 Å². The number of hydrogen-bond donors (Lipinski definition) is 0. The maximum absolute atomic E-state index is 12.4. The van der Waals surface area contributed by atoms with Crippen molar-refractivity contribution in [1.82, 2.24) is 4.90 Å². The number of amides is 1. The van der Waals surface area contributed by atoms with Crippen molar-refractivity contribution in [3.63, 3.8) is 0 Å². The van der Waals surface area contributed by atoms with Gasteiger partial charge in [0.25, 0.3) is 5.91 Å². The average Bonchev–Trinajstić information content (AvgIpc) is 3.02. The molecule has 1 aliphatic heterocycles. The summed E-state index contributed by atoms with van der Waals surface area (Å²) in [5, 5.41) is 11.3. The standard InChI is InChI=1S/C14H15NO4S2/c1-2-3-6-10(13(17)18)15-12(16)11(21-14(15)20)8-9-5-4-7-19-9/h4-5,7-8,10H,2-3,6H2,1H3,(H,17,18)/p-1/b11-8+/t10-/m0/s1. The number of rotatable bonds is 6. The molecule has 1 aromatic heterocycles. The van der Waals surface area contributed by atoms with Crippen LogP contribution in [0.5, 0.6) is 0 Å². The Morgan fingerprint density at radius 1 is 1.62 bits per heavy atom. The molecule has 0 saturated carbocycles. The second kappa shape index (κ2) is 6.91. The third kappa shape index (κ3) is 3.54. The Morgan fingerprint density at radius 3 is 2.95 bits per heavy atom. The van der Waals surface area contributed by atoms with Crippen molar-refractivity contribution in [3.8, 4) is 0 Å². The molecule has 0 bridgehead atoms. The Labute approximate surface area is 132 Å². The number of carbonyl (C=O) groups is 2. The molecule has 0 spiro atoms. The summed E-state index contributed by atoms with van der Waals surface area (Å²) in [6, 6.07) is 2.40. The number of carbonyl (C=O) groups excluding carboxylic acids is 2. The minimum atomic E-state index is -1.28. The average molecular weight is 324 g/mol. The fourth-order valence-electron chi connectivity index (χ4n) is 2.00. The Bertz CT molecular complexity index is 580. The maximum Gasteiger partial charge on any atom is 0.266 e. The van der Waals surface area contributed by atoms with E-state index in [1.807, 2.05) is 6.92 Å². The first-order chi connectivity index (χ1) is 10.0. The highest BCUT2D eigenvalue weighted by molar-refractivity contribution is 8.26. The van der Waals surface area contributed by atoms with E-state index in [1.165, 1.54) is 6.26 Å². The van der Waals surface area contributed by atoms with Crippen molar-refractivity contribution >= 4 is 46.3 Å². The zero-order valence-corrected chi connectivity index (χ0v) is 13.0. The van der Waals surface area contributed by atoms with Crippen LogP contribution < -0.4 is 5.11 Å². The lowest BCUT2D eigenvalue weighted by Crippen LogP contribution is -2.49. The Balaban J connectivity index is 2.22. The van der Waals surface area contributed by atoms with Crippen LogP contribution in [0.1, 0.15) is 31.9 Å². The SMILES string of the molecule is CCCC[C@@H](C(=O)[O-])N1C(=O)/C(=C\c2ccco2)SC1=S. The smallest absolute Gasteiger partial charge is 0.266 e. The summed E-state index contributed by atoms with van der Waals surface area (Å²) < 4.78 is 5.39. The minimum Gasteiger partial charge on any atom is -0.548 e. The number of furan rings is 1. The molecule has 112 valence electrons. The van der Waals surface area contributed by atoms with E-state index in [1.54, 1.807) is 18.2 Å². The third-order valence-corrected chi connectivity index (χ3v) is 4.39. The van der Waals surface area contributed by atoms with Crippen LogP contribution in [0.3, 0.4) is 0 Å². The van der Waals surface area contributed by atoms with E-state index in [4.69, 9.17) is 16.6 Å². The number of hydrogen-bond acceptors (Lipinski definition) is 6. The number of unbranched alkanes of at least 4 members (excludes halogenated alkanes) is 1. The first-order valence-corrected chi connectivity index (χ1v) is 7.78. The number of thioether (sulfide) groups is 1. The molecule has 1 aliphatic rings. The minimum absolute atomic E-state index is 0.239. The van der Waals surface area contributed by atoms with Crippen molar-refractivity contribution in [2.75, 3.05) is 0 Å². The summed E-state index contributed by atoms with van der Waals surface area (Å²) >= 11 is 6.22. The Kier molecular flexibility index (Phi) is 5.19. The van der Waals surface area contributed by atoms with E-state index < -0.39 is 17.9 Å². The number of carboxylic acids is 1. The molecule has 2 heterocycles. The molecule has 0 N–H and O–H groups in total. The van der Waals surface area contributed by atoms with Gasteiger partial charge in [0.1, 0.15) is 10.1 Å². The van der Waals surface area contributed by atoms with Crippen LogP contribution in [0.25, 0.3) is 6.08 Å². The topological polar surface area (TPSA) is 73.6 Å². The zero-order valence-electron chi connectivity index (χ0n) is 11.4. The van der Waals surface area contributed by atoms with E-state index in [-0.39, 0.29) is 4.32 Å². The van der Waals surface area contributed by atoms with Gasteiger partial charge in [-0.05, 0) is 18.6 Å². The predicted octanol–water partition coefficient (Wildman–Crippen LogP) is 1.79. The molecule has 1 atom stereocenters. The molecule has 1 aromatic rings. The molecule has 2 rings (SSSR count). The van der Waals surface area contributed by atoms with Gasteiger partial charge in [-0.25, -0.2) is 0 Å². The molecule has 7 heteroatoms. The molecule has 5 nitrogen and oxygen atoms in total. The first-order valence-electron chi connectivity index (χ1n) is 6.56. The van der Waals surface area contributed by atoms with Gasteiger partial charge in [0.15, 0.2) is 0 Å². The summed E-state index contributed by atoms with van der Waals surface area (Å²) in [7, 11) is 0. The number of aliphatic carboxylic acids is 1. The fraction of sp³-hybridized carbons (Fsp3) is 0.357. The predicted molar refractivity (Wildman–Crippen MR) is 82.0 cm³/mol. The second-order valence-corrected chi connectivity index (χ2v) is 6.22. The van der Waals surface area contributed by atoms with Crippen LogP contribution in [-0.4, -0.2) is 27.1 Å². The van der Waals surface area contributed by atoms with Crippen LogP contribution in [0, 0.1) is 0 Å². The van der Waals surface area contributed by atoms with Crippen molar-refractivity contribution in [2.24, 2.45) is 0 Å². The Morgan fingerprint density at radius 2 is 2.38 bits per heavy atom. The van der Waals surface area contributed by atoms with Gasteiger partial charge >= 0.3 is 0 Å². The van der Waals surface area contributed by atoms with Crippen molar-refractivity contribution in [2.45, 2.75) is 32.2 Å². The molecule has 1 amide bonds. The monoisotopic (exact) mass is 324 g/mol. The summed E-state index contributed by atoms with van der Waals surface area (Å²) in [5.41, 5.74) is 0. The molecule has 0 aliphatic carbocycles. The van der Waals surface area contributed by atoms with Crippen LogP contribution in [0.2, 0.25) is 0 Å². The lowest BCUT2D eigenvalue weighted by atomic mass is 10.1. The van der Waals surface area contributed by atoms with Gasteiger partial charge in [0.2, 0.25) is 0 Å². The van der Waals surface area contributed by atoms with E-state index in [0.717, 1.165) is 23.1 Å². The molecular weight excluding hydrogens is 310 g/mol. The highest BCUT2D eigenvalue weighted by atomic mass is 32.2. The third-order valence-electron chi connectivity index (χ3n) is 3.05. The lowest BCUT2D eigenvalue weighted by Gasteiger charge is -2.27. The molecular formula is C14H14NO4S2-. The fourth-order valence-corrected chi connectivity index (χ4v) is 3.34. The van der Waals surface area contributed by atoms with Crippen molar-refractivity contribution in [3.05, 3.63) is 29.1 Å². The number of nitrogens with zero attached hydrogens (tertiary/aromatic N) is 1. The summed E-state index contributed by atoms with van der Waals surface area (Å²) in [6.45, 7) is 1.95. The van der Waals surface area contributed by atoms with Gasteiger partial charge in [0, 0.05) is 6.08 Å². The molecule has 0 aromatic carbocycles. The van der Waals surface area contributed by atoms with Gasteiger partial charge in [-0.2, -0.15) is 0 Å². The van der Waals surface area contributed by atoms with Crippen molar-refractivity contribution < 1.29 is 19.1 Å². The van der Waals surface area contributed by atoms with Crippen LogP contribution >= 0.6 is 24.0 Å². The second-order valence-electron chi connectivity index (χ2n) is 4.54. The number of thiocarbonyl (C=S) groups is 1. The molecule has 0 unspecified atom stereocenters. The van der Waals surface area contributed by atoms with Crippen LogP contribution in [0.4, 0.5) is 0 Å². The normalized spacial score (nSPS) is 18.5. The van der Waals surface area contributed by atoms with Gasteiger partial charge < -0.3 is 14.3 Å². The van der Waals surface area contributed by atoms with E-state index in [0.29, 0.717) is 23.5 Å². The number of carboxylic acid groups (broad SMARTS) is 1. The highest BCUT2D eigenvalue weighted by Crippen LogP contribution is 2.34. The van der Waals surface area contributed by atoms with E-state index in [2.05, 4.69) is 0 Å². The molecule has 1 fully saturated rings. The first kappa shape index (κ1) is 15.8. The maximum atomic E-state index is 12.4. The summed E-state index contributed by atoms with van der Waals surface area (Å²) in [4.78, 5) is 25.2. The van der Waals surface area contributed by atoms with Gasteiger partial charge in [0.05, 0.1) is 23.2 Å². The zero-order chi connectivity index (χ0) is 15.4. The van der Waals surface area contributed by atoms with Gasteiger partial charge in [-0.1, -0.05) is 43.7 Å². The lowest BCUT2D eigenvalue weighted by molar-refractivity contribution is -0.310. The van der Waals surface area contributed by atoms with E-state index in [9.17, 15) is 14.7 Å². The summed E-state index contributed by atoms with van der Waals surface area (Å²) in [6.07, 6.45) is 4.91. The molecule has 0 radical (unpaired) electrons. The quantitative estimate of drug-likeness (QED) is 0.587. The summed E-state index contributed by atoms with van der Waals surface area (Å²) in [5.74, 6) is -1.17. The van der Waals surface area contributed by atoms with Crippen molar-refractivity contribution in [1.29, 1.82) is 0 Å². The molecule has 1 saturated heterocycles. The molecule has 21 heavy (non-hydrogen) atoms. The van der Waals surface area contributed by atoms with Gasteiger partial charge in [-0.3, -0.25) is 9.69 Å². The van der Waals surface area contributed by atoms with Gasteiger partial charge in [-0.15, -0.1) is 0 Å².